The lowest BCUT2D eigenvalue weighted by atomic mass is 10.1. The second kappa shape index (κ2) is 2.75. The molecule has 0 N–H and O–H groups in total. The van der Waals surface area contributed by atoms with Gasteiger partial charge in [-0.25, -0.2) is 0 Å². The fourth-order valence-electron chi connectivity index (χ4n) is 1.22. The molecule has 0 unspecified atom stereocenters. The van der Waals surface area contributed by atoms with Crippen molar-refractivity contribution in [3.8, 4) is 0 Å². The number of hydrogen-bond acceptors (Lipinski definition) is 0. The summed E-state index contributed by atoms with van der Waals surface area (Å²) < 4.78 is 0. The van der Waals surface area contributed by atoms with Crippen LogP contribution in [0, 0.1) is 6.07 Å². The minimum Gasteiger partial charge on any atom is -0.0801 e. The molecule has 1 aromatic carbocycles. The van der Waals surface area contributed by atoms with E-state index in [4.69, 9.17) is 0 Å². The van der Waals surface area contributed by atoms with Crippen molar-refractivity contribution < 1.29 is 0 Å². The van der Waals surface area contributed by atoms with E-state index in [-0.39, 0.29) is 0 Å². The van der Waals surface area contributed by atoms with Gasteiger partial charge in [-0.15, -0.1) is 0 Å². The highest BCUT2D eigenvalue weighted by atomic mass is 14.0. The van der Waals surface area contributed by atoms with E-state index in [2.05, 4.69) is 36.4 Å². The molecule has 1 aliphatic rings. The van der Waals surface area contributed by atoms with Gasteiger partial charge in [-0.05, 0) is 29.7 Å². The van der Waals surface area contributed by atoms with Gasteiger partial charge in [-0.3, -0.25) is 0 Å². The SMILES string of the molecule is [c]1ccc2c(c1)C=CCC=C2. The number of benzene rings is 1. The second-order valence-electron chi connectivity index (χ2n) is 2.60. The first-order valence-corrected chi connectivity index (χ1v) is 3.80. The molecule has 0 nitrogen and oxygen atoms in total. The summed E-state index contributed by atoms with van der Waals surface area (Å²) >= 11 is 0. The van der Waals surface area contributed by atoms with Crippen molar-refractivity contribution in [2.24, 2.45) is 0 Å². The smallest absolute Gasteiger partial charge is 0.0162 e. The topological polar surface area (TPSA) is 0 Å². The maximum Gasteiger partial charge on any atom is -0.0162 e. The van der Waals surface area contributed by atoms with Crippen molar-refractivity contribution in [2.45, 2.75) is 6.42 Å². The van der Waals surface area contributed by atoms with Crippen molar-refractivity contribution in [1.29, 1.82) is 0 Å². The third kappa shape index (κ3) is 1.25. The van der Waals surface area contributed by atoms with Crippen molar-refractivity contribution >= 4 is 12.2 Å². The van der Waals surface area contributed by atoms with Crippen LogP contribution in [0.25, 0.3) is 12.2 Å². The van der Waals surface area contributed by atoms with Gasteiger partial charge in [0.15, 0.2) is 0 Å². The summed E-state index contributed by atoms with van der Waals surface area (Å²) in [6.07, 6.45) is 9.67. The Hall–Kier alpha value is -1.30. The van der Waals surface area contributed by atoms with Crippen molar-refractivity contribution in [1.82, 2.24) is 0 Å². The Morgan fingerprint density at radius 2 is 1.91 bits per heavy atom. The maximum absolute atomic E-state index is 3.06. The molecule has 0 saturated heterocycles. The number of rotatable bonds is 0. The third-order valence-corrected chi connectivity index (χ3v) is 1.80. The number of hydrogen-bond donors (Lipinski definition) is 0. The minimum atomic E-state index is 1.04. The van der Waals surface area contributed by atoms with Crippen LogP contribution in [0.15, 0.2) is 30.4 Å². The molecule has 0 amide bonds. The first-order chi connectivity index (χ1) is 5.47. The predicted octanol–water partition coefficient (Wildman–Crippen LogP) is 2.92. The Balaban J connectivity index is 2.58. The van der Waals surface area contributed by atoms with Crippen molar-refractivity contribution in [3.05, 3.63) is 47.5 Å². The van der Waals surface area contributed by atoms with Crippen LogP contribution in [0.1, 0.15) is 17.5 Å². The summed E-state index contributed by atoms with van der Waals surface area (Å²) in [4.78, 5) is 0. The Morgan fingerprint density at radius 3 is 2.82 bits per heavy atom. The van der Waals surface area contributed by atoms with E-state index in [9.17, 15) is 0 Å². The zero-order valence-corrected chi connectivity index (χ0v) is 6.25. The molecule has 0 saturated carbocycles. The summed E-state index contributed by atoms with van der Waals surface area (Å²) in [5.74, 6) is 0. The van der Waals surface area contributed by atoms with Gasteiger partial charge < -0.3 is 0 Å². The van der Waals surface area contributed by atoms with Crippen LogP contribution in [0.3, 0.4) is 0 Å². The fraction of sp³-hybridized carbons (Fsp3) is 0.0909. The van der Waals surface area contributed by atoms with Gasteiger partial charge in [0.1, 0.15) is 0 Å². The number of allylic oxidation sites excluding steroid dienone is 2. The molecule has 0 heteroatoms. The van der Waals surface area contributed by atoms with E-state index in [0.717, 1.165) is 6.42 Å². The fourth-order valence-corrected chi connectivity index (χ4v) is 1.22. The number of fused-ring (bicyclic) bond motifs is 1. The zero-order chi connectivity index (χ0) is 7.52. The molecule has 1 radical (unpaired) electrons. The summed E-state index contributed by atoms with van der Waals surface area (Å²) in [6, 6.07) is 9.11. The van der Waals surface area contributed by atoms with Crippen molar-refractivity contribution in [2.75, 3.05) is 0 Å². The van der Waals surface area contributed by atoms with Crippen LogP contribution in [-0.4, -0.2) is 0 Å². The standard InChI is InChI=1S/C11H9/c1-2-6-10-8-4-5-9-11(10)7-3-1/h2-4,6-9H,1H2. The van der Waals surface area contributed by atoms with Gasteiger partial charge in [0.25, 0.3) is 0 Å². The highest BCUT2D eigenvalue weighted by molar-refractivity contribution is 5.66. The van der Waals surface area contributed by atoms with Crippen LogP contribution in [0.5, 0.6) is 0 Å². The molecule has 0 spiro atoms. The molecular formula is C11H9. The third-order valence-electron chi connectivity index (χ3n) is 1.80. The molecule has 0 bridgehead atoms. The van der Waals surface area contributed by atoms with E-state index in [1.807, 2.05) is 12.1 Å². The first-order valence-electron chi connectivity index (χ1n) is 3.80. The van der Waals surface area contributed by atoms with E-state index >= 15 is 0 Å². The quantitative estimate of drug-likeness (QED) is 0.521. The molecular weight excluding hydrogens is 132 g/mol. The lowest BCUT2D eigenvalue weighted by Crippen LogP contribution is -1.76. The Labute approximate surface area is 66.9 Å². The Kier molecular flexibility index (Phi) is 1.60. The van der Waals surface area contributed by atoms with E-state index in [1.165, 1.54) is 11.1 Å². The molecule has 0 aliphatic heterocycles. The lowest BCUT2D eigenvalue weighted by molar-refractivity contribution is 1.44. The molecule has 0 aromatic heterocycles. The monoisotopic (exact) mass is 141 g/mol. The van der Waals surface area contributed by atoms with E-state index < -0.39 is 0 Å². The van der Waals surface area contributed by atoms with Gasteiger partial charge in [-0.2, -0.15) is 0 Å². The summed E-state index contributed by atoms with van der Waals surface area (Å²) in [7, 11) is 0. The van der Waals surface area contributed by atoms with Crippen LogP contribution < -0.4 is 0 Å². The van der Waals surface area contributed by atoms with E-state index in [1.54, 1.807) is 0 Å². The summed E-state index contributed by atoms with van der Waals surface area (Å²) in [5, 5.41) is 0. The Morgan fingerprint density at radius 1 is 1.09 bits per heavy atom. The van der Waals surface area contributed by atoms with Gasteiger partial charge in [-0.1, -0.05) is 36.4 Å². The normalized spacial score (nSPS) is 14.2. The average molecular weight is 141 g/mol. The minimum absolute atomic E-state index is 1.04. The second-order valence-corrected chi connectivity index (χ2v) is 2.60. The summed E-state index contributed by atoms with van der Waals surface area (Å²) in [5.41, 5.74) is 2.55. The molecule has 0 atom stereocenters. The molecule has 1 aromatic rings. The highest BCUT2D eigenvalue weighted by Crippen LogP contribution is 2.15. The van der Waals surface area contributed by atoms with Crippen LogP contribution >= 0.6 is 0 Å². The largest absolute Gasteiger partial charge is 0.0801 e. The summed E-state index contributed by atoms with van der Waals surface area (Å²) in [6.45, 7) is 0. The molecule has 2 rings (SSSR count). The maximum atomic E-state index is 3.06. The van der Waals surface area contributed by atoms with Crippen LogP contribution in [0.4, 0.5) is 0 Å². The molecule has 1 aliphatic carbocycles. The molecule has 53 valence electrons. The van der Waals surface area contributed by atoms with Gasteiger partial charge >= 0.3 is 0 Å². The van der Waals surface area contributed by atoms with Crippen LogP contribution in [-0.2, 0) is 0 Å². The zero-order valence-electron chi connectivity index (χ0n) is 6.25. The van der Waals surface area contributed by atoms with Gasteiger partial charge in [0.05, 0.1) is 0 Å². The van der Waals surface area contributed by atoms with E-state index in [0.29, 0.717) is 0 Å². The Bertz CT molecular complexity index is 275. The van der Waals surface area contributed by atoms with Crippen molar-refractivity contribution in [3.63, 3.8) is 0 Å². The molecule has 0 fully saturated rings. The molecule has 11 heavy (non-hydrogen) atoms. The lowest BCUT2D eigenvalue weighted by Gasteiger charge is -1.96. The van der Waals surface area contributed by atoms with Crippen LogP contribution in [0.2, 0.25) is 0 Å². The predicted molar refractivity (Wildman–Crippen MR) is 48.0 cm³/mol. The molecule has 0 heterocycles. The van der Waals surface area contributed by atoms with Gasteiger partial charge in [0, 0.05) is 0 Å². The van der Waals surface area contributed by atoms with Gasteiger partial charge in [0.2, 0.25) is 0 Å². The highest BCUT2D eigenvalue weighted by Gasteiger charge is 1.95. The average Bonchev–Trinajstić information content (AvgIpc) is 2.28. The first kappa shape index (κ1) is 6.41.